The van der Waals surface area contributed by atoms with E-state index < -0.39 is 0 Å². The van der Waals surface area contributed by atoms with Crippen LogP contribution in [0.3, 0.4) is 0 Å². The monoisotopic (exact) mass is 253 g/mol. The number of halogens is 1. The van der Waals surface area contributed by atoms with Crippen LogP contribution < -0.4 is 5.32 Å². The molecule has 0 aliphatic rings. The van der Waals surface area contributed by atoms with E-state index in [1.54, 1.807) is 0 Å². The van der Waals surface area contributed by atoms with Crippen molar-refractivity contribution in [2.45, 2.75) is 33.6 Å². The van der Waals surface area contributed by atoms with Crippen molar-refractivity contribution in [2.24, 2.45) is 11.8 Å². The average Bonchev–Trinajstić information content (AvgIpc) is 2.36. The van der Waals surface area contributed by atoms with Crippen LogP contribution in [0.2, 0.25) is 5.02 Å². The van der Waals surface area contributed by atoms with Gasteiger partial charge in [0.1, 0.15) is 0 Å². The van der Waals surface area contributed by atoms with Gasteiger partial charge in [-0.1, -0.05) is 50.9 Å². The second-order valence-corrected chi connectivity index (χ2v) is 5.22. The van der Waals surface area contributed by atoms with Crippen LogP contribution in [0.4, 0.5) is 0 Å². The van der Waals surface area contributed by atoms with E-state index in [0.717, 1.165) is 30.5 Å². The molecule has 1 rings (SSSR count). The van der Waals surface area contributed by atoms with E-state index in [0.29, 0.717) is 5.92 Å². The highest BCUT2D eigenvalue weighted by molar-refractivity contribution is 6.30. The first-order valence-corrected chi connectivity index (χ1v) is 7.00. The smallest absolute Gasteiger partial charge is 0.0406 e. The summed E-state index contributed by atoms with van der Waals surface area (Å²) in [5, 5.41) is 4.29. The molecule has 0 heterocycles. The number of benzene rings is 1. The molecular formula is C15H24ClN. The Balaban J connectivity index is 2.61. The lowest BCUT2D eigenvalue weighted by molar-refractivity contribution is 0.332. The third-order valence-corrected chi connectivity index (χ3v) is 3.77. The summed E-state index contributed by atoms with van der Waals surface area (Å²) in [6.45, 7) is 8.93. The Kier molecular flexibility index (Phi) is 6.61. The van der Waals surface area contributed by atoms with Crippen LogP contribution in [0, 0.1) is 11.8 Å². The highest BCUT2D eigenvalue weighted by atomic mass is 35.5. The summed E-state index contributed by atoms with van der Waals surface area (Å²) in [5.41, 5.74) is 1.39. The Morgan fingerprint density at radius 1 is 1.18 bits per heavy atom. The number of rotatable bonds is 7. The number of nitrogens with one attached hydrogen (secondary N) is 1. The summed E-state index contributed by atoms with van der Waals surface area (Å²) in [6, 6.07) is 8.25. The normalized spacial score (nSPS) is 14.6. The summed E-state index contributed by atoms with van der Waals surface area (Å²) in [6.07, 6.45) is 2.38. The second-order valence-electron chi connectivity index (χ2n) is 4.78. The average molecular weight is 254 g/mol. The van der Waals surface area contributed by atoms with Crippen LogP contribution in [0.25, 0.3) is 0 Å². The van der Waals surface area contributed by atoms with E-state index in [4.69, 9.17) is 11.6 Å². The van der Waals surface area contributed by atoms with Crippen molar-refractivity contribution in [2.75, 3.05) is 13.1 Å². The Morgan fingerprint density at radius 3 is 2.35 bits per heavy atom. The summed E-state index contributed by atoms with van der Waals surface area (Å²) in [7, 11) is 0. The van der Waals surface area contributed by atoms with Gasteiger partial charge in [-0.2, -0.15) is 0 Å². The van der Waals surface area contributed by atoms with E-state index >= 15 is 0 Å². The minimum atomic E-state index is 0.709. The molecule has 1 N–H and O–H groups in total. The summed E-state index contributed by atoms with van der Waals surface area (Å²) in [5.74, 6) is 1.46. The molecule has 1 nitrogen and oxygen atoms in total. The topological polar surface area (TPSA) is 12.0 Å². The molecule has 2 atom stereocenters. The van der Waals surface area contributed by atoms with Gasteiger partial charge in [-0.05, 0) is 49.0 Å². The maximum absolute atomic E-state index is 5.91. The molecule has 0 spiro atoms. The molecule has 0 aromatic heterocycles. The van der Waals surface area contributed by atoms with E-state index in [1.165, 1.54) is 12.0 Å². The van der Waals surface area contributed by atoms with Gasteiger partial charge < -0.3 is 5.32 Å². The number of hydrogen-bond donors (Lipinski definition) is 1. The van der Waals surface area contributed by atoms with Crippen LogP contribution in [0.1, 0.15) is 32.8 Å². The molecule has 0 radical (unpaired) electrons. The zero-order valence-electron chi connectivity index (χ0n) is 11.2. The molecule has 96 valence electrons. The molecule has 2 unspecified atom stereocenters. The van der Waals surface area contributed by atoms with Gasteiger partial charge in [-0.15, -0.1) is 0 Å². The van der Waals surface area contributed by atoms with Gasteiger partial charge in [-0.25, -0.2) is 0 Å². The fourth-order valence-corrected chi connectivity index (χ4v) is 2.19. The molecular weight excluding hydrogens is 230 g/mol. The standard InChI is InChI=1S/C15H24ClN/c1-4-12(3)14(11-17-5-2)10-13-6-8-15(16)9-7-13/h6-9,12,14,17H,4-5,10-11H2,1-3H3. The SMILES string of the molecule is CCNCC(Cc1ccc(Cl)cc1)C(C)CC. The summed E-state index contributed by atoms with van der Waals surface area (Å²) < 4.78 is 0. The molecule has 0 saturated heterocycles. The third-order valence-electron chi connectivity index (χ3n) is 3.52. The van der Waals surface area contributed by atoms with Crippen molar-refractivity contribution in [3.63, 3.8) is 0 Å². The van der Waals surface area contributed by atoms with E-state index in [1.807, 2.05) is 12.1 Å². The molecule has 0 bridgehead atoms. The van der Waals surface area contributed by atoms with Crippen molar-refractivity contribution in [1.82, 2.24) is 5.32 Å². The van der Waals surface area contributed by atoms with Gasteiger partial charge in [0.15, 0.2) is 0 Å². The van der Waals surface area contributed by atoms with Crippen LogP contribution in [0.15, 0.2) is 24.3 Å². The maximum Gasteiger partial charge on any atom is 0.0406 e. The van der Waals surface area contributed by atoms with Crippen molar-refractivity contribution in [1.29, 1.82) is 0 Å². The van der Waals surface area contributed by atoms with Crippen LogP contribution >= 0.6 is 11.6 Å². The number of hydrogen-bond acceptors (Lipinski definition) is 1. The molecule has 17 heavy (non-hydrogen) atoms. The first kappa shape index (κ1) is 14.5. The predicted molar refractivity (Wildman–Crippen MR) is 76.6 cm³/mol. The largest absolute Gasteiger partial charge is 0.317 e. The highest BCUT2D eigenvalue weighted by Crippen LogP contribution is 2.21. The van der Waals surface area contributed by atoms with Crippen LogP contribution in [0.5, 0.6) is 0 Å². The molecule has 2 heteroatoms. The molecule has 0 amide bonds. The maximum atomic E-state index is 5.91. The molecule has 1 aromatic rings. The van der Waals surface area contributed by atoms with Crippen molar-refractivity contribution < 1.29 is 0 Å². The Bertz CT molecular complexity index is 307. The van der Waals surface area contributed by atoms with E-state index in [-0.39, 0.29) is 0 Å². The van der Waals surface area contributed by atoms with E-state index in [9.17, 15) is 0 Å². The van der Waals surface area contributed by atoms with Gasteiger partial charge in [0.2, 0.25) is 0 Å². The molecule has 0 saturated carbocycles. The van der Waals surface area contributed by atoms with Crippen molar-refractivity contribution in [3.8, 4) is 0 Å². The minimum absolute atomic E-state index is 0.709. The fraction of sp³-hybridized carbons (Fsp3) is 0.600. The summed E-state index contributed by atoms with van der Waals surface area (Å²) >= 11 is 5.91. The Morgan fingerprint density at radius 2 is 1.82 bits per heavy atom. The first-order chi connectivity index (χ1) is 8.17. The van der Waals surface area contributed by atoms with Crippen LogP contribution in [-0.4, -0.2) is 13.1 Å². The molecule has 0 fully saturated rings. The van der Waals surface area contributed by atoms with Crippen LogP contribution in [-0.2, 0) is 6.42 Å². The lowest BCUT2D eigenvalue weighted by atomic mass is 9.86. The van der Waals surface area contributed by atoms with Gasteiger partial charge in [-0.3, -0.25) is 0 Å². The molecule has 1 aromatic carbocycles. The molecule has 0 aliphatic carbocycles. The first-order valence-electron chi connectivity index (χ1n) is 6.62. The van der Waals surface area contributed by atoms with Gasteiger partial charge in [0.25, 0.3) is 0 Å². The quantitative estimate of drug-likeness (QED) is 0.770. The Labute approximate surface area is 111 Å². The second kappa shape index (κ2) is 7.73. The van der Waals surface area contributed by atoms with E-state index in [2.05, 4.69) is 38.2 Å². The van der Waals surface area contributed by atoms with Gasteiger partial charge >= 0.3 is 0 Å². The van der Waals surface area contributed by atoms with Crippen molar-refractivity contribution >= 4 is 11.6 Å². The zero-order valence-corrected chi connectivity index (χ0v) is 11.9. The molecule has 0 aliphatic heterocycles. The van der Waals surface area contributed by atoms with Gasteiger partial charge in [0, 0.05) is 5.02 Å². The highest BCUT2D eigenvalue weighted by Gasteiger charge is 2.15. The summed E-state index contributed by atoms with van der Waals surface area (Å²) in [4.78, 5) is 0. The minimum Gasteiger partial charge on any atom is -0.317 e. The lowest BCUT2D eigenvalue weighted by Gasteiger charge is -2.23. The van der Waals surface area contributed by atoms with Crippen molar-refractivity contribution in [3.05, 3.63) is 34.9 Å². The fourth-order valence-electron chi connectivity index (χ4n) is 2.06. The Hall–Kier alpha value is -0.530. The van der Waals surface area contributed by atoms with Gasteiger partial charge in [0.05, 0.1) is 0 Å². The zero-order chi connectivity index (χ0) is 12.7. The third kappa shape index (κ3) is 5.10. The predicted octanol–water partition coefficient (Wildman–Crippen LogP) is 4.15. The lowest BCUT2D eigenvalue weighted by Crippen LogP contribution is -2.28.